The summed E-state index contributed by atoms with van der Waals surface area (Å²) >= 11 is 8.62. The molecular formula is C6H5BrClN. The molecule has 0 aliphatic rings. The first-order chi connectivity index (χ1) is 4.70. The van der Waals surface area contributed by atoms with E-state index >= 15 is 0 Å². The van der Waals surface area contributed by atoms with Crippen LogP contribution in [0.1, 0.15) is 6.93 Å². The summed E-state index contributed by atoms with van der Waals surface area (Å²) in [7, 11) is 0. The lowest BCUT2D eigenvalue weighted by molar-refractivity contribution is 1.26. The maximum atomic E-state index is 7.22. The fraction of sp³-hybridized carbons (Fsp3) is 0.167. The summed E-state index contributed by atoms with van der Waals surface area (Å²) in [5.41, 5.74) is 0.810. The van der Waals surface area contributed by atoms with Crippen molar-refractivity contribution in [2.45, 2.75) is 5.31 Å². The van der Waals surface area contributed by atoms with E-state index in [2.05, 4.69) is 20.9 Å². The smallest absolute Gasteiger partial charge is 0.129 e. The van der Waals surface area contributed by atoms with Crippen LogP contribution in [-0.2, 0) is 5.31 Å². The average molecular weight is 207 g/mol. The Kier molecular flexibility index (Phi) is 2.01. The van der Waals surface area contributed by atoms with Gasteiger partial charge in [-0.15, -0.1) is 0 Å². The molecule has 1 nitrogen and oxygen atoms in total. The number of halogens is 2. The molecule has 0 aromatic carbocycles. The van der Waals surface area contributed by atoms with Crippen molar-refractivity contribution < 1.29 is 1.37 Å². The van der Waals surface area contributed by atoms with E-state index < -0.39 is 5.31 Å². The van der Waals surface area contributed by atoms with Crippen molar-refractivity contribution >= 4 is 27.5 Å². The van der Waals surface area contributed by atoms with Gasteiger partial charge >= 0.3 is 0 Å². The summed E-state index contributed by atoms with van der Waals surface area (Å²) in [4.78, 5) is 3.82. The van der Waals surface area contributed by atoms with Gasteiger partial charge in [0.25, 0.3) is 0 Å². The van der Waals surface area contributed by atoms with Crippen molar-refractivity contribution in [1.29, 1.82) is 0 Å². The van der Waals surface area contributed by atoms with Crippen LogP contribution in [0.2, 0.25) is 5.15 Å². The second-order valence-corrected chi connectivity index (χ2v) is 2.37. The Bertz CT molecular complexity index is 211. The van der Waals surface area contributed by atoms with E-state index in [0.29, 0.717) is 5.15 Å². The lowest BCUT2D eigenvalue weighted by atomic mass is 10.3. The third-order valence-corrected chi connectivity index (χ3v) is 1.63. The van der Waals surface area contributed by atoms with E-state index in [4.69, 9.17) is 13.0 Å². The lowest BCUT2D eigenvalue weighted by Crippen LogP contribution is -1.78. The number of hydrogen-bond acceptors (Lipinski definition) is 1. The number of aromatic nitrogens is 1. The van der Waals surface area contributed by atoms with E-state index in [9.17, 15) is 0 Å². The first-order valence-corrected chi connectivity index (χ1v) is 3.67. The van der Waals surface area contributed by atoms with Crippen molar-refractivity contribution in [2.24, 2.45) is 0 Å². The highest BCUT2D eigenvalue weighted by Crippen LogP contribution is 2.07. The first-order valence-electron chi connectivity index (χ1n) is 2.95. The molecule has 9 heavy (non-hydrogen) atoms. The van der Waals surface area contributed by atoms with Gasteiger partial charge in [0.15, 0.2) is 0 Å². The SMILES string of the molecule is [2H]C(Br)c1ccc(Cl)nc1. The molecule has 0 amide bonds. The minimum atomic E-state index is -0.405. The zero-order chi connectivity index (χ0) is 7.56. The molecule has 1 aromatic rings. The van der Waals surface area contributed by atoms with Gasteiger partial charge in [0.1, 0.15) is 5.15 Å². The Balaban J connectivity index is 2.89. The van der Waals surface area contributed by atoms with Gasteiger partial charge in [-0.05, 0) is 11.6 Å². The highest BCUT2D eigenvalue weighted by atomic mass is 79.9. The molecule has 0 fully saturated rings. The summed E-state index contributed by atoms with van der Waals surface area (Å²) in [6, 6.07) is 3.43. The summed E-state index contributed by atoms with van der Waals surface area (Å²) in [5, 5.41) is 0.0502. The minimum Gasteiger partial charge on any atom is -0.244 e. The molecule has 1 unspecified atom stereocenters. The number of rotatable bonds is 1. The van der Waals surface area contributed by atoms with E-state index in [1.54, 1.807) is 18.3 Å². The predicted octanol–water partition coefficient (Wildman–Crippen LogP) is 2.63. The summed E-state index contributed by atoms with van der Waals surface area (Å²) < 4.78 is 7.22. The van der Waals surface area contributed by atoms with Gasteiger partial charge in [-0.1, -0.05) is 33.6 Å². The maximum Gasteiger partial charge on any atom is 0.129 e. The van der Waals surface area contributed by atoms with Crippen molar-refractivity contribution in [3.05, 3.63) is 29.0 Å². The predicted molar refractivity (Wildman–Crippen MR) is 41.9 cm³/mol. The zero-order valence-electron chi connectivity index (χ0n) is 5.51. The topological polar surface area (TPSA) is 12.9 Å². The van der Waals surface area contributed by atoms with Crippen LogP contribution in [0.25, 0.3) is 0 Å². The molecule has 1 aromatic heterocycles. The Morgan fingerprint density at radius 3 is 3.00 bits per heavy atom. The Hall–Kier alpha value is -0.0800. The number of nitrogens with zero attached hydrogens (tertiary/aromatic N) is 1. The van der Waals surface area contributed by atoms with Crippen LogP contribution in [0, 0.1) is 0 Å². The largest absolute Gasteiger partial charge is 0.244 e. The third-order valence-electron chi connectivity index (χ3n) is 0.876. The van der Waals surface area contributed by atoms with Crippen molar-refractivity contribution in [2.75, 3.05) is 0 Å². The van der Waals surface area contributed by atoms with Crippen LogP contribution in [0.4, 0.5) is 0 Å². The van der Waals surface area contributed by atoms with Gasteiger partial charge in [0.2, 0.25) is 0 Å². The van der Waals surface area contributed by atoms with E-state index in [1.165, 1.54) is 0 Å². The molecule has 0 aliphatic heterocycles. The van der Waals surface area contributed by atoms with Gasteiger partial charge in [0.05, 0.1) is 0 Å². The normalized spacial score (nSPS) is 14.7. The summed E-state index contributed by atoms with van der Waals surface area (Å²) in [5.74, 6) is 0. The standard InChI is InChI=1S/C6H5BrClN/c7-3-5-1-2-6(8)9-4-5/h1-2,4H,3H2/i3D. The third kappa shape index (κ3) is 1.95. The van der Waals surface area contributed by atoms with Crippen LogP contribution >= 0.6 is 27.5 Å². The maximum absolute atomic E-state index is 7.22. The number of hydrogen-bond donors (Lipinski definition) is 0. The second kappa shape index (κ2) is 3.18. The van der Waals surface area contributed by atoms with Crippen molar-refractivity contribution in [3.63, 3.8) is 0 Å². The highest BCUT2D eigenvalue weighted by Gasteiger charge is 1.88. The molecule has 0 N–H and O–H groups in total. The fourth-order valence-corrected chi connectivity index (χ4v) is 0.834. The molecule has 0 aliphatic carbocycles. The van der Waals surface area contributed by atoms with Crippen LogP contribution < -0.4 is 0 Å². The van der Waals surface area contributed by atoms with Crippen molar-refractivity contribution in [1.82, 2.24) is 4.98 Å². The van der Waals surface area contributed by atoms with Crippen LogP contribution in [-0.4, -0.2) is 4.98 Å². The molecule has 0 spiro atoms. The molecule has 0 bridgehead atoms. The summed E-state index contributed by atoms with van der Waals surface area (Å²) in [6.45, 7) is 0. The molecular weight excluding hydrogens is 201 g/mol. The Morgan fingerprint density at radius 2 is 2.56 bits per heavy atom. The van der Waals surface area contributed by atoms with Crippen LogP contribution in [0.3, 0.4) is 0 Å². The van der Waals surface area contributed by atoms with E-state index in [1.807, 2.05) is 0 Å². The van der Waals surface area contributed by atoms with E-state index in [-0.39, 0.29) is 0 Å². The molecule has 1 rings (SSSR count). The molecule has 0 saturated heterocycles. The Morgan fingerprint density at radius 1 is 1.78 bits per heavy atom. The average Bonchev–Trinajstić information content (AvgIpc) is 1.88. The zero-order valence-corrected chi connectivity index (χ0v) is 6.85. The number of pyridine rings is 1. The van der Waals surface area contributed by atoms with E-state index in [0.717, 1.165) is 5.56 Å². The highest BCUT2D eigenvalue weighted by molar-refractivity contribution is 9.08. The second-order valence-electron chi connectivity index (χ2n) is 1.52. The van der Waals surface area contributed by atoms with Gasteiger partial charge in [-0.3, -0.25) is 0 Å². The molecule has 1 heterocycles. The minimum absolute atomic E-state index is 0.405. The monoisotopic (exact) mass is 206 g/mol. The summed E-state index contributed by atoms with van der Waals surface area (Å²) in [6.07, 6.45) is 1.58. The quantitative estimate of drug-likeness (QED) is 0.510. The van der Waals surface area contributed by atoms with Crippen LogP contribution in [0.5, 0.6) is 0 Å². The van der Waals surface area contributed by atoms with Gasteiger partial charge in [-0.25, -0.2) is 4.98 Å². The van der Waals surface area contributed by atoms with Crippen molar-refractivity contribution in [3.8, 4) is 0 Å². The molecule has 1 atom stereocenters. The van der Waals surface area contributed by atoms with Gasteiger partial charge in [0, 0.05) is 12.9 Å². The molecule has 0 saturated carbocycles. The first kappa shape index (κ1) is 5.69. The molecule has 3 heteroatoms. The van der Waals surface area contributed by atoms with Gasteiger partial charge < -0.3 is 0 Å². The Labute approximate surface area is 68.6 Å². The molecule has 0 radical (unpaired) electrons. The number of alkyl halides is 1. The van der Waals surface area contributed by atoms with Crippen LogP contribution in [0.15, 0.2) is 18.3 Å². The fourth-order valence-electron chi connectivity index (χ4n) is 0.452. The van der Waals surface area contributed by atoms with Gasteiger partial charge in [-0.2, -0.15) is 0 Å². The lowest BCUT2D eigenvalue weighted by Gasteiger charge is -1.91. The molecule has 48 valence electrons.